The number of carbonyl (C=O) groups is 2. The molecule has 1 aromatic carbocycles. The van der Waals surface area contributed by atoms with Crippen LogP contribution in [0.5, 0.6) is 5.75 Å². The van der Waals surface area contributed by atoms with Crippen LogP contribution >= 0.6 is 0 Å². The smallest absolute Gasteiger partial charge is 0.236 e. The van der Waals surface area contributed by atoms with Gasteiger partial charge in [-0.1, -0.05) is 0 Å². The Morgan fingerprint density at radius 2 is 1.74 bits per heavy atom. The predicted octanol–water partition coefficient (Wildman–Crippen LogP) is 2.30. The minimum Gasteiger partial charge on any atom is -0.507 e. The van der Waals surface area contributed by atoms with Gasteiger partial charge in [0.25, 0.3) is 0 Å². The molecule has 0 spiro atoms. The fourth-order valence-electron chi connectivity index (χ4n) is 3.36. The van der Waals surface area contributed by atoms with Crippen molar-refractivity contribution in [2.24, 2.45) is 0 Å². The fraction of sp³-hybridized carbons (Fsp3) is 0.412. The second-order valence-electron chi connectivity index (χ2n) is 5.74. The van der Waals surface area contributed by atoms with Crippen molar-refractivity contribution in [3.63, 3.8) is 0 Å². The van der Waals surface area contributed by atoms with E-state index >= 15 is 0 Å². The van der Waals surface area contributed by atoms with Crippen LogP contribution in [0, 0.1) is 0 Å². The quantitative estimate of drug-likeness (QED) is 0.901. The molecule has 0 aromatic heterocycles. The maximum absolute atomic E-state index is 12.6. The Morgan fingerprint density at radius 1 is 1.13 bits per heavy atom. The van der Waals surface area contributed by atoms with Crippen molar-refractivity contribution in [3.05, 3.63) is 39.8 Å². The van der Waals surface area contributed by atoms with Crippen LogP contribution < -0.4 is 0 Å². The number of rotatable bonds is 2. The van der Waals surface area contributed by atoms with Crippen molar-refractivity contribution in [1.29, 1.82) is 0 Å². The van der Waals surface area contributed by atoms with E-state index in [1.54, 1.807) is 6.07 Å². The zero-order valence-electron chi connectivity index (χ0n) is 13.4. The summed E-state index contributed by atoms with van der Waals surface area (Å²) >= 11 is 0. The van der Waals surface area contributed by atoms with E-state index in [1.807, 2.05) is 13.8 Å². The maximum Gasteiger partial charge on any atom is 0.236 e. The molecule has 0 bridgehead atoms. The first-order chi connectivity index (χ1) is 10.9. The van der Waals surface area contributed by atoms with Crippen molar-refractivity contribution in [2.45, 2.75) is 32.5 Å². The van der Waals surface area contributed by atoms with Crippen LogP contribution in [0.3, 0.4) is 0 Å². The van der Waals surface area contributed by atoms with Gasteiger partial charge in [0, 0.05) is 11.1 Å². The van der Waals surface area contributed by atoms with E-state index in [1.165, 1.54) is 14.2 Å². The molecule has 1 aromatic rings. The van der Waals surface area contributed by atoms with Crippen LogP contribution in [0.4, 0.5) is 0 Å². The van der Waals surface area contributed by atoms with Gasteiger partial charge in [-0.05, 0) is 31.9 Å². The number of Topliss-reactive ketones (excluding diaryl/α,β-unsaturated/α-hetero) is 2. The normalized spacial score (nSPS) is 23.5. The number of fused-ring (bicyclic) bond motifs is 2. The molecule has 6 heteroatoms. The number of phenols is 1. The van der Waals surface area contributed by atoms with Gasteiger partial charge in [0.2, 0.25) is 23.1 Å². The van der Waals surface area contributed by atoms with Gasteiger partial charge in [-0.3, -0.25) is 9.59 Å². The first-order valence-electron chi connectivity index (χ1n) is 7.36. The molecule has 1 N–H and O–H groups in total. The third kappa shape index (κ3) is 2.13. The van der Waals surface area contributed by atoms with Gasteiger partial charge in [-0.2, -0.15) is 0 Å². The molecule has 1 aliphatic heterocycles. The van der Waals surface area contributed by atoms with Crippen LogP contribution in [0.1, 0.15) is 51.8 Å². The molecule has 2 aliphatic rings. The van der Waals surface area contributed by atoms with E-state index in [9.17, 15) is 14.7 Å². The van der Waals surface area contributed by atoms with Crippen LogP contribution in [0.25, 0.3) is 0 Å². The lowest BCUT2D eigenvalue weighted by molar-refractivity contribution is -0.00610. The molecule has 23 heavy (non-hydrogen) atoms. The number of methoxy groups -OCH3 is 2. The lowest BCUT2D eigenvalue weighted by atomic mass is 9.83. The molecule has 1 aliphatic carbocycles. The largest absolute Gasteiger partial charge is 0.507 e. The molecule has 3 rings (SSSR count). The highest BCUT2D eigenvalue weighted by atomic mass is 16.5. The molecular weight excluding hydrogens is 300 g/mol. The highest BCUT2D eigenvalue weighted by Gasteiger charge is 2.40. The molecule has 0 radical (unpaired) electrons. The highest BCUT2D eigenvalue weighted by Crippen LogP contribution is 2.43. The number of ether oxygens (including phenoxy) is 3. The zero-order chi connectivity index (χ0) is 16.9. The third-order valence-corrected chi connectivity index (χ3v) is 4.27. The first-order valence-corrected chi connectivity index (χ1v) is 7.36. The van der Waals surface area contributed by atoms with Crippen molar-refractivity contribution in [1.82, 2.24) is 0 Å². The van der Waals surface area contributed by atoms with E-state index in [4.69, 9.17) is 14.2 Å². The van der Waals surface area contributed by atoms with Crippen molar-refractivity contribution >= 4 is 11.6 Å². The number of hydrogen-bond donors (Lipinski definition) is 1. The Balaban J connectivity index is 2.28. The molecule has 122 valence electrons. The van der Waals surface area contributed by atoms with Crippen molar-refractivity contribution < 1.29 is 28.9 Å². The monoisotopic (exact) mass is 318 g/mol. The number of aromatic hydroxyl groups is 1. The van der Waals surface area contributed by atoms with Crippen molar-refractivity contribution in [3.8, 4) is 5.75 Å². The minimum atomic E-state index is -0.565. The van der Waals surface area contributed by atoms with Gasteiger partial charge in [-0.25, -0.2) is 0 Å². The number of benzene rings is 1. The van der Waals surface area contributed by atoms with E-state index in [0.717, 1.165) is 5.56 Å². The average molecular weight is 318 g/mol. The summed E-state index contributed by atoms with van der Waals surface area (Å²) in [5, 5.41) is 10.6. The summed E-state index contributed by atoms with van der Waals surface area (Å²) in [6.07, 6.45) is 0.169. The molecular formula is C17H18O6. The molecule has 6 nitrogen and oxygen atoms in total. The summed E-state index contributed by atoms with van der Waals surface area (Å²) in [6, 6.07) is 1.66. The van der Waals surface area contributed by atoms with Crippen molar-refractivity contribution in [2.75, 3.05) is 14.2 Å². The van der Waals surface area contributed by atoms with Gasteiger partial charge in [0.05, 0.1) is 32.0 Å². The Bertz CT molecular complexity index is 746. The first kappa shape index (κ1) is 15.6. The topological polar surface area (TPSA) is 82.1 Å². The summed E-state index contributed by atoms with van der Waals surface area (Å²) in [4.78, 5) is 25.2. The van der Waals surface area contributed by atoms with E-state index in [2.05, 4.69) is 0 Å². The second-order valence-corrected chi connectivity index (χ2v) is 5.74. The zero-order valence-corrected chi connectivity index (χ0v) is 13.4. The lowest BCUT2D eigenvalue weighted by Crippen LogP contribution is -2.28. The number of carbonyl (C=O) groups excluding carboxylic acids is 2. The third-order valence-electron chi connectivity index (χ3n) is 4.27. The van der Waals surface area contributed by atoms with E-state index in [-0.39, 0.29) is 40.6 Å². The Labute approximate surface area is 133 Å². The molecule has 2 atom stereocenters. The van der Waals surface area contributed by atoms with E-state index in [0.29, 0.717) is 12.0 Å². The van der Waals surface area contributed by atoms with Gasteiger partial charge in [-0.15, -0.1) is 0 Å². The Kier molecular flexibility index (Phi) is 3.64. The Hall–Kier alpha value is -2.34. The van der Waals surface area contributed by atoms with Gasteiger partial charge in [0.1, 0.15) is 5.75 Å². The van der Waals surface area contributed by atoms with E-state index < -0.39 is 11.6 Å². The summed E-state index contributed by atoms with van der Waals surface area (Å²) in [5.41, 5.74) is 1.46. The van der Waals surface area contributed by atoms with Gasteiger partial charge in [0.15, 0.2) is 0 Å². The number of ketones is 2. The minimum absolute atomic E-state index is 0.0312. The molecule has 1 heterocycles. The lowest BCUT2D eigenvalue weighted by Gasteiger charge is -2.31. The number of hydrogen-bond acceptors (Lipinski definition) is 6. The summed E-state index contributed by atoms with van der Waals surface area (Å²) in [5.74, 6) is -1.58. The van der Waals surface area contributed by atoms with Crippen LogP contribution in [-0.2, 0) is 20.6 Å². The average Bonchev–Trinajstić information content (AvgIpc) is 2.49. The summed E-state index contributed by atoms with van der Waals surface area (Å²) in [7, 11) is 2.59. The fourth-order valence-corrected chi connectivity index (χ4v) is 3.36. The molecule has 0 saturated carbocycles. The predicted molar refractivity (Wildman–Crippen MR) is 80.5 cm³/mol. The summed E-state index contributed by atoms with van der Waals surface area (Å²) < 4.78 is 15.8. The number of allylic oxidation sites excluding steroid dienone is 2. The van der Waals surface area contributed by atoms with Crippen LogP contribution in [0.2, 0.25) is 0 Å². The van der Waals surface area contributed by atoms with Gasteiger partial charge < -0.3 is 19.3 Å². The molecule has 0 saturated heterocycles. The molecule has 0 amide bonds. The number of phenolic OH excluding ortho intramolecular Hbond substituents is 1. The second kappa shape index (κ2) is 5.38. The molecule has 2 unspecified atom stereocenters. The van der Waals surface area contributed by atoms with Crippen LogP contribution in [-0.4, -0.2) is 37.0 Å². The van der Waals surface area contributed by atoms with Crippen LogP contribution in [0.15, 0.2) is 17.6 Å². The maximum atomic E-state index is 12.6. The SMILES string of the molecule is COC1=C(OC)C(=O)c2c(cc3c(c2O)C(C)OC(C)C3)C1=O. The molecule has 0 fully saturated rings. The standard InChI is InChI=1S/C17H18O6/c1-7-5-9-6-10-12(14(19)11(9)8(2)23-7)15(20)17(22-4)16(21-3)13(10)18/h6-8,19H,5H2,1-4H3. The highest BCUT2D eigenvalue weighted by molar-refractivity contribution is 6.26. The Morgan fingerprint density at radius 3 is 2.35 bits per heavy atom. The summed E-state index contributed by atoms with van der Waals surface area (Å²) in [6.45, 7) is 3.73. The van der Waals surface area contributed by atoms with Gasteiger partial charge >= 0.3 is 0 Å².